The van der Waals surface area contributed by atoms with Gasteiger partial charge in [0.15, 0.2) is 0 Å². The quantitative estimate of drug-likeness (QED) is 0.598. The van der Waals surface area contributed by atoms with Crippen LogP contribution in [0.15, 0.2) is 30.3 Å². The largest absolute Gasteiger partial charge is 0.389 e. The zero-order chi connectivity index (χ0) is 27.0. The molecule has 0 saturated carbocycles. The number of anilines is 3. The standard InChI is InChI=1S/C27H34F3N5O3/c1-17-3-4-21(31-26(37)34-6-5-19(15-34)14-27(28,29)30)13-22(17)20-11-24(33-7-9-38-10-8-33)32-25(12-20)35-16-23(36)18(35)2/h3-4,11-13,18-19,23,36H,5-10,14-16H2,1-2H3,(H,31,37)/t18-,19+,23-/m1/s1. The van der Waals surface area contributed by atoms with Gasteiger partial charge in [-0.15, -0.1) is 0 Å². The van der Waals surface area contributed by atoms with Crippen LogP contribution in [-0.2, 0) is 4.74 Å². The normalized spacial score (nSPS) is 23.9. The lowest BCUT2D eigenvalue weighted by molar-refractivity contribution is -0.143. The van der Waals surface area contributed by atoms with Crippen LogP contribution in [-0.4, -0.2) is 85.3 Å². The molecule has 0 bridgehead atoms. The molecule has 2 N–H and O–H groups in total. The molecule has 2 amide bonds. The molecule has 3 aliphatic rings. The van der Waals surface area contributed by atoms with Crippen molar-refractivity contribution in [2.75, 3.05) is 61.1 Å². The van der Waals surface area contributed by atoms with Crippen molar-refractivity contribution in [2.45, 2.75) is 45.0 Å². The minimum Gasteiger partial charge on any atom is -0.389 e. The zero-order valence-electron chi connectivity index (χ0n) is 21.7. The Labute approximate surface area is 220 Å². The summed E-state index contributed by atoms with van der Waals surface area (Å²) in [4.78, 5) is 23.5. The zero-order valence-corrected chi connectivity index (χ0v) is 21.7. The van der Waals surface area contributed by atoms with E-state index in [0.29, 0.717) is 38.4 Å². The number of carbonyl (C=O) groups is 1. The van der Waals surface area contributed by atoms with E-state index in [9.17, 15) is 23.1 Å². The number of nitrogens with zero attached hydrogens (tertiary/aromatic N) is 4. The van der Waals surface area contributed by atoms with E-state index in [-0.39, 0.29) is 12.6 Å². The second kappa shape index (κ2) is 10.6. The number of urea groups is 1. The third-order valence-electron chi connectivity index (χ3n) is 7.75. The number of aromatic nitrogens is 1. The number of halogens is 3. The maximum Gasteiger partial charge on any atom is 0.389 e. The van der Waals surface area contributed by atoms with Gasteiger partial charge in [-0.25, -0.2) is 9.78 Å². The highest BCUT2D eigenvalue weighted by Gasteiger charge is 2.37. The van der Waals surface area contributed by atoms with E-state index in [0.717, 1.165) is 41.4 Å². The third-order valence-corrected chi connectivity index (χ3v) is 7.75. The number of β-amino-alcohol motifs (C(OH)–C–C–N with tert-alkyl or cyclic N) is 1. The number of carbonyl (C=O) groups excluding carboxylic acids is 1. The molecule has 206 valence electrons. The van der Waals surface area contributed by atoms with Crippen LogP contribution in [0.5, 0.6) is 0 Å². The molecule has 38 heavy (non-hydrogen) atoms. The second-order valence-electron chi connectivity index (χ2n) is 10.5. The molecular formula is C27H34F3N5O3. The smallest absolute Gasteiger partial charge is 0.389 e. The number of aliphatic hydroxyl groups excluding tert-OH is 1. The van der Waals surface area contributed by atoms with Gasteiger partial charge in [0.25, 0.3) is 0 Å². The highest BCUT2D eigenvalue weighted by Crippen LogP contribution is 2.35. The third kappa shape index (κ3) is 5.83. The van der Waals surface area contributed by atoms with E-state index < -0.39 is 30.7 Å². The number of benzene rings is 1. The lowest BCUT2D eigenvalue weighted by atomic mass is 9.98. The fourth-order valence-corrected chi connectivity index (χ4v) is 5.38. The minimum atomic E-state index is -4.22. The van der Waals surface area contributed by atoms with Gasteiger partial charge in [0, 0.05) is 44.8 Å². The summed E-state index contributed by atoms with van der Waals surface area (Å²) >= 11 is 0. The number of hydrogen-bond acceptors (Lipinski definition) is 6. The number of aliphatic hydroxyl groups is 1. The number of pyridine rings is 1. The Balaban J connectivity index is 1.38. The predicted molar refractivity (Wildman–Crippen MR) is 140 cm³/mol. The number of hydrogen-bond donors (Lipinski definition) is 2. The van der Waals surface area contributed by atoms with Gasteiger partial charge in [0.2, 0.25) is 0 Å². The van der Waals surface area contributed by atoms with Crippen molar-refractivity contribution >= 4 is 23.4 Å². The van der Waals surface area contributed by atoms with Crippen molar-refractivity contribution in [1.82, 2.24) is 9.88 Å². The first-order valence-corrected chi connectivity index (χ1v) is 13.1. The molecule has 3 fully saturated rings. The summed E-state index contributed by atoms with van der Waals surface area (Å²) in [6, 6.07) is 9.23. The highest BCUT2D eigenvalue weighted by molar-refractivity contribution is 5.91. The van der Waals surface area contributed by atoms with Crippen LogP contribution in [0.25, 0.3) is 11.1 Å². The molecule has 11 heteroatoms. The molecule has 3 saturated heterocycles. The number of rotatable bonds is 5. The van der Waals surface area contributed by atoms with Gasteiger partial charge in [0.05, 0.1) is 25.4 Å². The summed E-state index contributed by atoms with van der Waals surface area (Å²) < 4.78 is 43.8. The lowest BCUT2D eigenvalue weighted by Gasteiger charge is -2.44. The molecule has 3 aliphatic heterocycles. The number of morpholine rings is 1. The van der Waals surface area contributed by atoms with Crippen molar-refractivity contribution in [3.8, 4) is 11.1 Å². The monoisotopic (exact) mass is 533 g/mol. The Hall–Kier alpha value is -3.05. The van der Waals surface area contributed by atoms with Crippen LogP contribution in [0, 0.1) is 12.8 Å². The molecule has 1 aromatic carbocycles. The maximum absolute atomic E-state index is 12.9. The van der Waals surface area contributed by atoms with Crippen molar-refractivity contribution < 1.29 is 27.8 Å². The molecule has 2 aromatic rings. The van der Waals surface area contributed by atoms with E-state index in [1.807, 2.05) is 38.1 Å². The van der Waals surface area contributed by atoms with Gasteiger partial charge < -0.3 is 29.9 Å². The molecule has 4 heterocycles. The van der Waals surface area contributed by atoms with Gasteiger partial charge in [-0.1, -0.05) is 6.07 Å². The van der Waals surface area contributed by atoms with Crippen LogP contribution in [0.1, 0.15) is 25.3 Å². The molecule has 0 spiro atoms. The van der Waals surface area contributed by atoms with Crippen LogP contribution in [0.3, 0.4) is 0 Å². The molecular weight excluding hydrogens is 499 g/mol. The molecule has 0 radical (unpaired) electrons. The molecule has 3 atom stereocenters. The van der Waals surface area contributed by atoms with Crippen LogP contribution < -0.4 is 15.1 Å². The lowest BCUT2D eigenvalue weighted by Crippen LogP contribution is -2.59. The van der Waals surface area contributed by atoms with Crippen molar-refractivity contribution in [3.05, 3.63) is 35.9 Å². The van der Waals surface area contributed by atoms with Gasteiger partial charge >= 0.3 is 12.2 Å². The SMILES string of the molecule is Cc1ccc(NC(=O)N2CC[C@@H](CC(F)(F)F)C2)cc1-c1cc(N2CCOCC2)nc(N2C[C@@H](O)[C@H]2C)c1. The topological polar surface area (TPSA) is 81.2 Å². The Morgan fingerprint density at radius 1 is 1.13 bits per heavy atom. The van der Waals surface area contributed by atoms with E-state index >= 15 is 0 Å². The van der Waals surface area contributed by atoms with Gasteiger partial charge in [-0.05, 0) is 67.1 Å². The molecule has 0 aliphatic carbocycles. The average molecular weight is 534 g/mol. The van der Waals surface area contributed by atoms with Crippen LogP contribution >= 0.6 is 0 Å². The van der Waals surface area contributed by atoms with Crippen molar-refractivity contribution in [3.63, 3.8) is 0 Å². The van der Waals surface area contributed by atoms with Gasteiger partial charge in [0.1, 0.15) is 11.6 Å². The molecule has 0 unspecified atom stereocenters. The number of likely N-dealkylation sites (tertiary alicyclic amines) is 1. The van der Waals surface area contributed by atoms with Gasteiger partial charge in [-0.2, -0.15) is 13.2 Å². The maximum atomic E-state index is 12.9. The number of aryl methyl sites for hydroxylation is 1. The Kier molecular flexibility index (Phi) is 7.41. The molecule has 8 nitrogen and oxygen atoms in total. The Bertz CT molecular complexity index is 1150. The first-order chi connectivity index (χ1) is 18.1. The minimum absolute atomic E-state index is 0.0383. The fraction of sp³-hybridized carbons (Fsp3) is 0.556. The van der Waals surface area contributed by atoms with Crippen molar-refractivity contribution in [2.24, 2.45) is 5.92 Å². The average Bonchev–Trinajstić information content (AvgIpc) is 3.35. The Morgan fingerprint density at radius 2 is 1.87 bits per heavy atom. The number of amides is 2. The van der Waals surface area contributed by atoms with E-state index in [1.54, 1.807) is 6.07 Å². The molecule has 5 rings (SSSR count). The van der Waals surface area contributed by atoms with Crippen LogP contribution in [0.4, 0.5) is 35.3 Å². The summed E-state index contributed by atoms with van der Waals surface area (Å²) in [5, 5.41) is 13.0. The first-order valence-electron chi connectivity index (χ1n) is 13.1. The summed E-state index contributed by atoms with van der Waals surface area (Å²) in [6.45, 7) is 7.59. The van der Waals surface area contributed by atoms with E-state index in [4.69, 9.17) is 9.72 Å². The summed E-state index contributed by atoms with van der Waals surface area (Å²) in [5.41, 5.74) is 3.45. The van der Waals surface area contributed by atoms with E-state index in [1.165, 1.54) is 4.90 Å². The summed E-state index contributed by atoms with van der Waals surface area (Å²) in [6.07, 6.45) is -5.14. The molecule has 1 aromatic heterocycles. The number of alkyl halides is 3. The fourth-order valence-electron chi connectivity index (χ4n) is 5.38. The first kappa shape index (κ1) is 26.6. The second-order valence-corrected chi connectivity index (χ2v) is 10.5. The highest BCUT2D eigenvalue weighted by atomic mass is 19.4. The van der Waals surface area contributed by atoms with Crippen molar-refractivity contribution in [1.29, 1.82) is 0 Å². The van der Waals surface area contributed by atoms with Crippen LogP contribution in [0.2, 0.25) is 0 Å². The summed E-state index contributed by atoms with van der Waals surface area (Å²) in [7, 11) is 0. The van der Waals surface area contributed by atoms with Gasteiger partial charge in [-0.3, -0.25) is 0 Å². The number of nitrogens with one attached hydrogen (secondary N) is 1. The van der Waals surface area contributed by atoms with E-state index in [2.05, 4.69) is 15.1 Å². The predicted octanol–water partition coefficient (Wildman–Crippen LogP) is 4.27. The number of ether oxygens (including phenoxy) is 1. The summed E-state index contributed by atoms with van der Waals surface area (Å²) in [5.74, 6) is 1.05. The Morgan fingerprint density at radius 3 is 2.55 bits per heavy atom.